The number of hydrogen-bond acceptors (Lipinski definition) is 3. The summed E-state index contributed by atoms with van der Waals surface area (Å²) >= 11 is 0. The van der Waals surface area contributed by atoms with Crippen molar-refractivity contribution in [2.24, 2.45) is 17.6 Å². The van der Waals surface area contributed by atoms with Gasteiger partial charge in [-0.2, -0.15) is 0 Å². The molecule has 0 aliphatic carbocycles. The van der Waals surface area contributed by atoms with Crippen molar-refractivity contribution in [3.05, 3.63) is 0 Å². The molecule has 1 saturated heterocycles. The Morgan fingerprint density at radius 2 is 2.21 bits per heavy atom. The van der Waals surface area contributed by atoms with E-state index in [0.717, 1.165) is 51.7 Å². The molecule has 3 N–H and O–H groups in total. The van der Waals surface area contributed by atoms with Gasteiger partial charge < -0.3 is 15.7 Å². The van der Waals surface area contributed by atoms with Gasteiger partial charge >= 0.3 is 0 Å². The van der Waals surface area contributed by atoms with E-state index in [1.807, 2.05) is 4.90 Å². The molecule has 0 spiro atoms. The standard InChI is InChI=1S/C15H30N2O2/c1-2-4-13(8-9-16)6-7-15(19)17-10-3-5-14(11-17)12-18/h13-14,18H,2-12,16H2,1H3. The lowest BCUT2D eigenvalue weighted by atomic mass is 9.93. The smallest absolute Gasteiger partial charge is 0.222 e. The van der Waals surface area contributed by atoms with E-state index in [4.69, 9.17) is 5.73 Å². The van der Waals surface area contributed by atoms with Crippen molar-refractivity contribution < 1.29 is 9.90 Å². The van der Waals surface area contributed by atoms with E-state index in [1.165, 1.54) is 6.42 Å². The number of carbonyl (C=O) groups is 1. The Kier molecular flexibility index (Phi) is 8.07. The topological polar surface area (TPSA) is 66.6 Å². The third-order valence-electron chi connectivity index (χ3n) is 4.17. The van der Waals surface area contributed by atoms with E-state index in [2.05, 4.69) is 6.92 Å². The molecule has 0 saturated carbocycles. The highest BCUT2D eigenvalue weighted by Gasteiger charge is 2.23. The number of likely N-dealkylation sites (tertiary alicyclic amines) is 1. The van der Waals surface area contributed by atoms with Crippen LogP contribution < -0.4 is 5.73 Å². The summed E-state index contributed by atoms with van der Waals surface area (Å²) in [6, 6.07) is 0. The fraction of sp³-hybridized carbons (Fsp3) is 0.933. The van der Waals surface area contributed by atoms with Crippen LogP contribution in [0.3, 0.4) is 0 Å². The Bertz CT molecular complexity index is 253. The molecule has 1 rings (SSSR count). The highest BCUT2D eigenvalue weighted by molar-refractivity contribution is 5.76. The Hall–Kier alpha value is -0.610. The van der Waals surface area contributed by atoms with Gasteiger partial charge in [-0.25, -0.2) is 0 Å². The summed E-state index contributed by atoms with van der Waals surface area (Å²) in [7, 11) is 0. The predicted octanol–water partition coefficient (Wildman–Crippen LogP) is 1.76. The summed E-state index contributed by atoms with van der Waals surface area (Å²) in [6.07, 6.45) is 7.04. The molecular weight excluding hydrogens is 240 g/mol. The predicted molar refractivity (Wildman–Crippen MR) is 77.7 cm³/mol. The average molecular weight is 270 g/mol. The van der Waals surface area contributed by atoms with Gasteiger partial charge in [0.05, 0.1) is 0 Å². The van der Waals surface area contributed by atoms with Gasteiger partial charge in [-0.05, 0) is 44.1 Å². The molecule has 0 radical (unpaired) electrons. The van der Waals surface area contributed by atoms with Crippen LogP contribution >= 0.6 is 0 Å². The number of nitrogens with two attached hydrogens (primary N) is 1. The van der Waals surface area contributed by atoms with Crippen LogP contribution in [0.5, 0.6) is 0 Å². The van der Waals surface area contributed by atoms with Crippen LogP contribution in [0.15, 0.2) is 0 Å². The lowest BCUT2D eigenvalue weighted by Gasteiger charge is -2.32. The van der Waals surface area contributed by atoms with Gasteiger partial charge in [0.1, 0.15) is 0 Å². The Morgan fingerprint density at radius 1 is 1.42 bits per heavy atom. The first kappa shape index (κ1) is 16.4. The minimum absolute atomic E-state index is 0.204. The van der Waals surface area contributed by atoms with E-state index >= 15 is 0 Å². The molecule has 1 amide bonds. The van der Waals surface area contributed by atoms with Crippen LogP contribution in [0.1, 0.15) is 51.9 Å². The van der Waals surface area contributed by atoms with E-state index < -0.39 is 0 Å². The zero-order valence-corrected chi connectivity index (χ0v) is 12.3. The molecule has 1 aliphatic rings. The summed E-state index contributed by atoms with van der Waals surface area (Å²) in [5, 5.41) is 9.20. The van der Waals surface area contributed by atoms with Gasteiger partial charge in [0.25, 0.3) is 0 Å². The third kappa shape index (κ3) is 5.91. The maximum atomic E-state index is 12.2. The molecule has 2 atom stereocenters. The summed E-state index contributed by atoms with van der Waals surface area (Å²) in [4.78, 5) is 14.1. The molecule has 4 heteroatoms. The molecule has 0 aromatic carbocycles. The lowest BCUT2D eigenvalue weighted by Crippen LogP contribution is -2.41. The van der Waals surface area contributed by atoms with Crippen LogP contribution in [-0.4, -0.2) is 42.2 Å². The van der Waals surface area contributed by atoms with Crippen molar-refractivity contribution >= 4 is 5.91 Å². The lowest BCUT2D eigenvalue weighted by molar-refractivity contribution is -0.133. The molecule has 112 valence electrons. The van der Waals surface area contributed by atoms with Gasteiger partial charge in [0.15, 0.2) is 0 Å². The molecule has 1 aliphatic heterocycles. The van der Waals surface area contributed by atoms with Crippen molar-refractivity contribution in [2.45, 2.75) is 51.9 Å². The first-order valence-corrected chi connectivity index (χ1v) is 7.79. The number of amides is 1. The highest BCUT2D eigenvalue weighted by Crippen LogP contribution is 2.20. The van der Waals surface area contributed by atoms with Crippen LogP contribution in [0.25, 0.3) is 0 Å². The van der Waals surface area contributed by atoms with E-state index in [1.54, 1.807) is 0 Å². The Labute approximate surface area is 117 Å². The quantitative estimate of drug-likeness (QED) is 0.706. The van der Waals surface area contributed by atoms with Gasteiger partial charge in [-0.3, -0.25) is 4.79 Å². The zero-order valence-electron chi connectivity index (χ0n) is 12.3. The van der Waals surface area contributed by atoms with Gasteiger partial charge in [-0.15, -0.1) is 0 Å². The largest absolute Gasteiger partial charge is 0.396 e. The molecule has 4 nitrogen and oxygen atoms in total. The number of aliphatic hydroxyl groups excluding tert-OH is 1. The summed E-state index contributed by atoms with van der Waals surface area (Å²) in [5.41, 5.74) is 5.62. The normalized spacial score (nSPS) is 21.4. The summed E-state index contributed by atoms with van der Waals surface area (Å²) in [5.74, 6) is 1.14. The SMILES string of the molecule is CCCC(CCN)CCC(=O)N1CCCC(CO)C1. The van der Waals surface area contributed by atoms with Crippen molar-refractivity contribution in [1.82, 2.24) is 4.90 Å². The summed E-state index contributed by atoms with van der Waals surface area (Å²) in [6.45, 7) is 4.71. The maximum absolute atomic E-state index is 12.2. The van der Waals surface area contributed by atoms with Crippen molar-refractivity contribution in [1.29, 1.82) is 0 Å². The Balaban J connectivity index is 2.32. The molecule has 1 fully saturated rings. The number of nitrogens with zero attached hydrogens (tertiary/aromatic N) is 1. The van der Waals surface area contributed by atoms with Gasteiger partial charge in [0, 0.05) is 26.1 Å². The van der Waals surface area contributed by atoms with E-state index in [0.29, 0.717) is 12.3 Å². The van der Waals surface area contributed by atoms with E-state index in [9.17, 15) is 9.90 Å². The van der Waals surface area contributed by atoms with E-state index in [-0.39, 0.29) is 18.4 Å². The molecule has 2 unspecified atom stereocenters. The zero-order chi connectivity index (χ0) is 14.1. The number of piperidine rings is 1. The van der Waals surface area contributed by atoms with Crippen molar-refractivity contribution in [3.8, 4) is 0 Å². The number of carbonyl (C=O) groups excluding carboxylic acids is 1. The molecule has 0 aromatic heterocycles. The highest BCUT2D eigenvalue weighted by atomic mass is 16.3. The van der Waals surface area contributed by atoms with Crippen LogP contribution in [-0.2, 0) is 4.79 Å². The monoisotopic (exact) mass is 270 g/mol. The second-order valence-electron chi connectivity index (χ2n) is 5.80. The first-order valence-electron chi connectivity index (χ1n) is 7.79. The first-order chi connectivity index (χ1) is 9.21. The second kappa shape index (κ2) is 9.32. The third-order valence-corrected chi connectivity index (χ3v) is 4.17. The molecule has 0 bridgehead atoms. The van der Waals surface area contributed by atoms with Crippen LogP contribution in [0.2, 0.25) is 0 Å². The van der Waals surface area contributed by atoms with Crippen LogP contribution in [0.4, 0.5) is 0 Å². The molecule has 0 aromatic rings. The fourth-order valence-corrected chi connectivity index (χ4v) is 3.00. The molecule has 1 heterocycles. The van der Waals surface area contributed by atoms with Gasteiger partial charge in [-0.1, -0.05) is 19.8 Å². The number of rotatable bonds is 8. The summed E-state index contributed by atoms with van der Waals surface area (Å²) < 4.78 is 0. The van der Waals surface area contributed by atoms with Crippen molar-refractivity contribution in [3.63, 3.8) is 0 Å². The Morgan fingerprint density at radius 3 is 2.84 bits per heavy atom. The van der Waals surface area contributed by atoms with Crippen LogP contribution in [0, 0.1) is 11.8 Å². The second-order valence-corrected chi connectivity index (χ2v) is 5.80. The number of aliphatic hydroxyl groups is 1. The maximum Gasteiger partial charge on any atom is 0.222 e. The average Bonchev–Trinajstić information content (AvgIpc) is 2.45. The molecule has 19 heavy (non-hydrogen) atoms. The molecular formula is C15H30N2O2. The number of hydrogen-bond donors (Lipinski definition) is 2. The fourth-order valence-electron chi connectivity index (χ4n) is 3.00. The van der Waals surface area contributed by atoms with Crippen molar-refractivity contribution in [2.75, 3.05) is 26.2 Å². The van der Waals surface area contributed by atoms with Gasteiger partial charge in [0.2, 0.25) is 5.91 Å². The minimum atomic E-state index is 0.204. The minimum Gasteiger partial charge on any atom is -0.396 e.